The minimum atomic E-state index is -3.58. The Bertz CT molecular complexity index is 595. The van der Waals surface area contributed by atoms with Crippen molar-refractivity contribution in [2.45, 2.75) is 43.5 Å². The maximum Gasteiger partial charge on any atom is 0.325 e. The molecule has 0 amide bonds. The number of carbonyl (C=O) groups is 1. The van der Waals surface area contributed by atoms with Crippen LogP contribution in [0.1, 0.15) is 31.7 Å². The van der Waals surface area contributed by atoms with E-state index in [4.69, 9.17) is 0 Å². The normalized spacial score (nSPS) is 21.0. The monoisotopic (exact) mass is 311 g/mol. The molecule has 2 unspecified atom stereocenters. The van der Waals surface area contributed by atoms with E-state index in [1.807, 2.05) is 12.1 Å². The van der Waals surface area contributed by atoms with Crippen LogP contribution in [0, 0.1) is 0 Å². The molecule has 1 aromatic rings. The third kappa shape index (κ3) is 3.63. The quantitative estimate of drug-likeness (QED) is 0.439. The molecule has 1 heterocycles. The van der Waals surface area contributed by atoms with E-state index in [-0.39, 0.29) is 11.4 Å². The van der Waals surface area contributed by atoms with Gasteiger partial charge in [-0.15, -0.1) is 0 Å². The molecule has 1 saturated heterocycles. The van der Waals surface area contributed by atoms with Crippen LogP contribution in [0.25, 0.3) is 0 Å². The van der Waals surface area contributed by atoms with E-state index in [9.17, 15) is 13.2 Å². The molecule has 2 rings (SSSR count). The molecule has 1 fully saturated rings. The summed E-state index contributed by atoms with van der Waals surface area (Å²) in [6, 6.07) is 6.26. The third-order valence-electron chi connectivity index (χ3n) is 3.64. The van der Waals surface area contributed by atoms with Crippen molar-refractivity contribution in [2.24, 2.45) is 0 Å². The molecule has 5 nitrogen and oxygen atoms in total. The van der Waals surface area contributed by atoms with Crippen LogP contribution in [-0.2, 0) is 26.0 Å². The Morgan fingerprint density at radius 2 is 1.95 bits per heavy atom. The predicted octanol–water partition coefficient (Wildman–Crippen LogP) is 1.97. The number of sulfonamides is 1. The number of rotatable bonds is 7. The highest BCUT2D eigenvalue weighted by atomic mass is 32.2. The molecule has 21 heavy (non-hydrogen) atoms. The van der Waals surface area contributed by atoms with Crippen LogP contribution >= 0.6 is 0 Å². The summed E-state index contributed by atoms with van der Waals surface area (Å²) in [6.45, 7) is 2.35. The maximum atomic E-state index is 12.3. The van der Waals surface area contributed by atoms with Crippen molar-refractivity contribution in [1.82, 2.24) is 4.31 Å². The zero-order valence-corrected chi connectivity index (χ0v) is 13.2. The van der Waals surface area contributed by atoms with Gasteiger partial charge in [-0.25, -0.2) is 8.42 Å². The Balaban J connectivity index is 2.03. The zero-order chi connectivity index (χ0) is 15.5. The van der Waals surface area contributed by atoms with Crippen molar-refractivity contribution in [3.05, 3.63) is 29.8 Å². The standard InChI is InChI=1S/C15H21NO4S/c1-3-4-5-6-12-7-9-13(10-8-12)21(18,19)16-11-14(16)15(17)20-2/h7-10,14H,3-6,11H2,1-2H3. The number of carbonyl (C=O) groups excluding carboxylic acids is 1. The molecule has 1 aliphatic heterocycles. The second kappa shape index (κ2) is 6.58. The lowest BCUT2D eigenvalue weighted by Gasteiger charge is -2.07. The number of aryl methyl sites for hydroxylation is 1. The van der Waals surface area contributed by atoms with E-state index in [0.29, 0.717) is 0 Å². The topological polar surface area (TPSA) is 63.5 Å². The predicted molar refractivity (Wildman–Crippen MR) is 79.4 cm³/mol. The summed E-state index contributed by atoms with van der Waals surface area (Å²) in [5, 5.41) is 0. The van der Waals surface area contributed by atoms with E-state index in [0.717, 1.165) is 29.1 Å². The minimum absolute atomic E-state index is 0.202. The van der Waals surface area contributed by atoms with Gasteiger partial charge in [0.15, 0.2) is 0 Å². The number of hydrogen-bond donors (Lipinski definition) is 0. The third-order valence-corrected chi connectivity index (χ3v) is 5.53. The molecule has 2 atom stereocenters. The lowest BCUT2D eigenvalue weighted by atomic mass is 10.1. The Kier molecular flexibility index (Phi) is 5.00. The van der Waals surface area contributed by atoms with E-state index < -0.39 is 22.0 Å². The number of methoxy groups -OCH3 is 1. The van der Waals surface area contributed by atoms with Gasteiger partial charge in [0.2, 0.25) is 10.0 Å². The average Bonchev–Trinajstić information content (AvgIpc) is 3.28. The molecule has 1 aromatic carbocycles. The van der Waals surface area contributed by atoms with Gasteiger partial charge in [0.1, 0.15) is 6.04 Å². The molecule has 0 aromatic heterocycles. The van der Waals surface area contributed by atoms with Crippen molar-refractivity contribution in [3.63, 3.8) is 0 Å². The molecule has 0 bridgehead atoms. The number of hydrogen-bond acceptors (Lipinski definition) is 4. The molecule has 1 aliphatic rings. The lowest BCUT2D eigenvalue weighted by Crippen LogP contribution is -2.20. The van der Waals surface area contributed by atoms with Crippen molar-refractivity contribution in [2.75, 3.05) is 13.7 Å². The van der Waals surface area contributed by atoms with Crippen molar-refractivity contribution >= 4 is 16.0 Å². The van der Waals surface area contributed by atoms with Gasteiger partial charge in [0.25, 0.3) is 0 Å². The first-order chi connectivity index (χ1) is 10.0. The fraction of sp³-hybridized carbons (Fsp3) is 0.533. The molecule has 0 radical (unpaired) electrons. The van der Waals surface area contributed by atoms with E-state index in [1.54, 1.807) is 12.1 Å². The van der Waals surface area contributed by atoms with Gasteiger partial charge in [-0.2, -0.15) is 4.31 Å². The molecule has 116 valence electrons. The van der Waals surface area contributed by atoms with Crippen LogP contribution in [0.3, 0.4) is 0 Å². The molecule has 0 aliphatic carbocycles. The summed E-state index contributed by atoms with van der Waals surface area (Å²) in [5.74, 6) is -0.505. The minimum Gasteiger partial charge on any atom is -0.468 e. The molecular weight excluding hydrogens is 290 g/mol. The first-order valence-corrected chi connectivity index (χ1v) is 8.63. The molecule has 6 heteroatoms. The van der Waals surface area contributed by atoms with Gasteiger partial charge in [-0.3, -0.25) is 4.79 Å². The largest absolute Gasteiger partial charge is 0.468 e. The fourth-order valence-electron chi connectivity index (χ4n) is 2.26. The van der Waals surface area contributed by atoms with Crippen LogP contribution in [0.2, 0.25) is 0 Å². The average molecular weight is 311 g/mol. The van der Waals surface area contributed by atoms with E-state index in [2.05, 4.69) is 11.7 Å². The van der Waals surface area contributed by atoms with Crippen LogP contribution in [-0.4, -0.2) is 38.4 Å². The van der Waals surface area contributed by atoms with Crippen molar-refractivity contribution in [3.8, 4) is 0 Å². The van der Waals surface area contributed by atoms with Gasteiger partial charge in [-0.1, -0.05) is 31.9 Å². The first-order valence-electron chi connectivity index (χ1n) is 7.19. The van der Waals surface area contributed by atoms with Gasteiger partial charge >= 0.3 is 5.97 Å². The summed E-state index contributed by atoms with van der Waals surface area (Å²) < 4.78 is 30.4. The Labute approximate surface area is 126 Å². The number of unbranched alkanes of at least 4 members (excludes halogenated alkanes) is 2. The van der Waals surface area contributed by atoms with Crippen molar-refractivity contribution in [1.29, 1.82) is 0 Å². The first kappa shape index (κ1) is 16.0. The van der Waals surface area contributed by atoms with Crippen LogP contribution in [0.5, 0.6) is 0 Å². The highest BCUT2D eigenvalue weighted by Crippen LogP contribution is 2.29. The highest BCUT2D eigenvalue weighted by molar-refractivity contribution is 7.89. The van der Waals surface area contributed by atoms with Crippen LogP contribution in [0.15, 0.2) is 29.2 Å². The highest BCUT2D eigenvalue weighted by Gasteiger charge is 2.50. The Morgan fingerprint density at radius 1 is 1.29 bits per heavy atom. The fourth-order valence-corrected chi connectivity index (χ4v) is 3.77. The van der Waals surface area contributed by atoms with Crippen LogP contribution < -0.4 is 0 Å². The molecule has 0 spiro atoms. The summed E-state index contributed by atoms with van der Waals surface area (Å²) >= 11 is 0. The summed E-state index contributed by atoms with van der Waals surface area (Å²) in [7, 11) is -2.32. The number of benzene rings is 1. The number of esters is 1. The van der Waals surface area contributed by atoms with Crippen molar-refractivity contribution < 1.29 is 17.9 Å². The van der Waals surface area contributed by atoms with E-state index >= 15 is 0 Å². The SMILES string of the molecule is CCCCCc1ccc(S(=O)(=O)N2CC2C(=O)OC)cc1. The smallest absolute Gasteiger partial charge is 0.325 e. The lowest BCUT2D eigenvalue weighted by molar-refractivity contribution is -0.140. The molecular formula is C15H21NO4S. The van der Waals surface area contributed by atoms with Gasteiger partial charge in [0, 0.05) is 6.54 Å². The summed E-state index contributed by atoms with van der Waals surface area (Å²) in [4.78, 5) is 11.6. The summed E-state index contributed by atoms with van der Waals surface area (Å²) in [6.07, 6.45) is 4.41. The molecule has 0 saturated carbocycles. The van der Waals surface area contributed by atoms with E-state index in [1.165, 1.54) is 13.5 Å². The number of nitrogens with zero attached hydrogens (tertiary/aromatic N) is 1. The summed E-state index contributed by atoms with van der Waals surface area (Å²) in [5.41, 5.74) is 1.14. The zero-order valence-electron chi connectivity index (χ0n) is 12.4. The second-order valence-electron chi connectivity index (χ2n) is 5.21. The number of ether oxygens (including phenoxy) is 1. The Hall–Kier alpha value is -1.40. The molecule has 0 N–H and O–H groups in total. The van der Waals surface area contributed by atoms with Gasteiger partial charge < -0.3 is 4.74 Å². The van der Waals surface area contributed by atoms with Crippen LogP contribution in [0.4, 0.5) is 0 Å². The Morgan fingerprint density at radius 3 is 2.52 bits per heavy atom. The maximum absolute atomic E-state index is 12.3. The van der Waals surface area contributed by atoms with Gasteiger partial charge in [-0.05, 0) is 30.5 Å². The second-order valence-corrected chi connectivity index (χ2v) is 7.11. The van der Waals surface area contributed by atoms with Gasteiger partial charge in [0.05, 0.1) is 12.0 Å².